The van der Waals surface area contributed by atoms with Crippen LogP contribution in [0.15, 0.2) is 54.6 Å². The number of benzene rings is 3. The van der Waals surface area contributed by atoms with Gasteiger partial charge >= 0.3 is 0 Å². The molecule has 0 aromatic heterocycles. The average molecular weight is 350 g/mol. The number of non-ortho nitro benzene ring substituents is 1. The van der Waals surface area contributed by atoms with E-state index < -0.39 is 0 Å². The molecule has 0 bridgehead atoms. The zero-order valence-corrected chi connectivity index (χ0v) is 14.3. The summed E-state index contributed by atoms with van der Waals surface area (Å²) in [6.07, 6.45) is 0. The molecular weight excluding hydrogens is 332 g/mol. The van der Waals surface area contributed by atoms with Crippen molar-refractivity contribution in [3.05, 3.63) is 75.8 Å². The minimum atomic E-state index is -0.381. The molecule has 0 N–H and O–H groups in total. The number of ether oxygens (including phenoxy) is 2. The van der Waals surface area contributed by atoms with Gasteiger partial charge in [0.2, 0.25) is 0 Å². The standard InChI is InChI=1S/C20H18N2O4/c1-21(18-7-6-14-4-2-3-5-15(14)8-18)11-16-9-19(22(23)24)10-17-12-25-13-26-20(16)17/h2-10H,11-13H2,1H3. The normalized spacial score (nSPS) is 13.1. The van der Waals surface area contributed by atoms with Crippen molar-refractivity contribution >= 4 is 22.1 Å². The summed E-state index contributed by atoms with van der Waals surface area (Å²) in [5, 5.41) is 13.6. The van der Waals surface area contributed by atoms with Crippen LogP contribution in [-0.4, -0.2) is 18.8 Å². The molecule has 1 aliphatic heterocycles. The van der Waals surface area contributed by atoms with Crippen LogP contribution in [0, 0.1) is 10.1 Å². The van der Waals surface area contributed by atoms with Gasteiger partial charge in [-0.15, -0.1) is 0 Å². The lowest BCUT2D eigenvalue weighted by atomic mass is 10.1. The molecule has 3 aromatic carbocycles. The number of nitro benzene ring substituents is 1. The Morgan fingerprint density at radius 3 is 2.73 bits per heavy atom. The van der Waals surface area contributed by atoms with Gasteiger partial charge in [-0.3, -0.25) is 10.1 Å². The van der Waals surface area contributed by atoms with Crippen molar-refractivity contribution in [1.29, 1.82) is 0 Å². The Morgan fingerprint density at radius 2 is 1.92 bits per heavy atom. The summed E-state index contributed by atoms with van der Waals surface area (Å²) < 4.78 is 10.9. The van der Waals surface area contributed by atoms with Gasteiger partial charge in [0.05, 0.1) is 11.5 Å². The Balaban J connectivity index is 1.68. The Bertz CT molecular complexity index is 987. The summed E-state index contributed by atoms with van der Waals surface area (Å²) in [4.78, 5) is 12.9. The lowest BCUT2D eigenvalue weighted by Crippen LogP contribution is -2.20. The molecule has 0 radical (unpaired) electrons. The summed E-state index contributed by atoms with van der Waals surface area (Å²) in [5.74, 6) is 0.689. The van der Waals surface area contributed by atoms with Gasteiger partial charge in [0.15, 0.2) is 6.79 Å². The van der Waals surface area contributed by atoms with Crippen LogP contribution in [0.2, 0.25) is 0 Å². The van der Waals surface area contributed by atoms with E-state index in [-0.39, 0.29) is 17.4 Å². The number of hydrogen-bond donors (Lipinski definition) is 0. The first-order valence-electron chi connectivity index (χ1n) is 8.32. The van der Waals surface area contributed by atoms with Crippen LogP contribution in [0.1, 0.15) is 11.1 Å². The van der Waals surface area contributed by atoms with Crippen LogP contribution in [-0.2, 0) is 17.9 Å². The van der Waals surface area contributed by atoms with Gasteiger partial charge in [0, 0.05) is 42.5 Å². The number of nitrogens with zero attached hydrogens (tertiary/aromatic N) is 2. The lowest BCUT2D eigenvalue weighted by molar-refractivity contribution is -0.385. The molecule has 0 fully saturated rings. The Hall–Kier alpha value is -3.12. The number of anilines is 1. The first-order chi connectivity index (χ1) is 12.6. The third-order valence-electron chi connectivity index (χ3n) is 4.56. The topological polar surface area (TPSA) is 64.8 Å². The highest BCUT2D eigenvalue weighted by Gasteiger charge is 2.21. The smallest absolute Gasteiger partial charge is 0.270 e. The highest BCUT2D eigenvalue weighted by atomic mass is 16.7. The quantitative estimate of drug-likeness (QED) is 0.520. The van der Waals surface area contributed by atoms with Gasteiger partial charge < -0.3 is 14.4 Å². The number of nitro groups is 1. The van der Waals surface area contributed by atoms with E-state index in [1.165, 1.54) is 11.5 Å². The van der Waals surface area contributed by atoms with Crippen LogP contribution in [0.4, 0.5) is 11.4 Å². The zero-order valence-electron chi connectivity index (χ0n) is 14.3. The molecule has 3 aromatic rings. The Kier molecular flexibility index (Phi) is 4.18. The van der Waals surface area contributed by atoms with Crippen molar-refractivity contribution < 1.29 is 14.4 Å². The lowest BCUT2D eigenvalue weighted by Gasteiger charge is -2.25. The van der Waals surface area contributed by atoms with E-state index in [0.29, 0.717) is 24.5 Å². The largest absolute Gasteiger partial charge is 0.467 e. The minimum Gasteiger partial charge on any atom is -0.467 e. The second-order valence-electron chi connectivity index (χ2n) is 6.35. The predicted octanol–water partition coefficient (Wildman–Crippen LogP) is 4.25. The first kappa shape index (κ1) is 16.4. The second kappa shape index (κ2) is 6.65. The van der Waals surface area contributed by atoms with Crippen molar-refractivity contribution in [3.63, 3.8) is 0 Å². The maximum Gasteiger partial charge on any atom is 0.270 e. The highest BCUT2D eigenvalue weighted by molar-refractivity contribution is 5.85. The Labute approximate surface area is 150 Å². The fourth-order valence-electron chi connectivity index (χ4n) is 3.26. The summed E-state index contributed by atoms with van der Waals surface area (Å²) >= 11 is 0. The second-order valence-corrected chi connectivity index (χ2v) is 6.35. The van der Waals surface area contributed by atoms with Gasteiger partial charge in [-0.25, -0.2) is 0 Å². The molecule has 6 nitrogen and oxygen atoms in total. The predicted molar refractivity (Wildman–Crippen MR) is 99.4 cm³/mol. The monoisotopic (exact) mass is 350 g/mol. The van der Waals surface area contributed by atoms with Crippen molar-refractivity contribution in [2.24, 2.45) is 0 Å². The van der Waals surface area contributed by atoms with Gasteiger partial charge in [-0.1, -0.05) is 30.3 Å². The van der Waals surface area contributed by atoms with E-state index >= 15 is 0 Å². The molecule has 0 atom stereocenters. The van der Waals surface area contributed by atoms with E-state index in [9.17, 15) is 10.1 Å². The molecule has 4 rings (SSSR count). The van der Waals surface area contributed by atoms with Crippen LogP contribution < -0.4 is 9.64 Å². The third-order valence-corrected chi connectivity index (χ3v) is 4.56. The maximum atomic E-state index is 11.3. The molecule has 0 saturated heterocycles. The maximum absolute atomic E-state index is 11.3. The highest BCUT2D eigenvalue weighted by Crippen LogP contribution is 2.34. The number of hydrogen-bond acceptors (Lipinski definition) is 5. The molecule has 1 heterocycles. The van der Waals surface area contributed by atoms with E-state index in [4.69, 9.17) is 9.47 Å². The summed E-state index contributed by atoms with van der Waals surface area (Å²) in [5.41, 5.74) is 2.59. The summed E-state index contributed by atoms with van der Waals surface area (Å²) in [7, 11) is 1.97. The van der Waals surface area contributed by atoms with E-state index in [1.54, 1.807) is 6.07 Å². The van der Waals surface area contributed by atoms with Crippen molar-refractivity contribution in [2.75, 3.05) is 18.7 Å². The van der Waals surface area contributed by atoms with Gasteiger partial charge in [-0.05, 0) is 22.9 Å². The molecule has 0 saturated carbocycles. The van der Waals surface area contributed by atoms with Gasteiger partial charge in [0.25, 0.3) is 5.69 Å². The van der Waals surface area contributed by atoms with E-state index in [0.717, 1.165) is 16.6 Å². The van der Waals surface area contributed by atoms with Crippen LogP contribution in [0.3, 0.4) is 0 Å². The molecule has 6 heteroatoms. The molecule has 132 valence electrons. The van der Waals surface area contributed by atoms with Crippen molar-refractivity contribution in [2.45, 2.75) is 13.2 Å². The van der Waals surface area contributed by atoms with Gasteiger partial charge in [0.1, 0.15) is 5.75 Å². The van der Waals surface area contributed by atoms with Crippen molar-refractivity contribution in [3.8, 4) is 5.75 Å². The average Bonchev–Trinajstić information content (AvgIpc) is 2.67. The van der Waals surface area contributed by atoms with Gasteiger partial charge in [-0.2, -0.15) is 0 Å². The minimum absolute atomic E-state index is 0.0553. The zero-order chi connectivity index (χ0) is 18.1. The molecule has 0 unspecified atom stereocenters. The Morgan fingerprint density at radius 1 is 1.12 bits per heavy atom. The molecule has 0 aliphatic carbocycles. The fraction of sp³-hybridized carbons (Fsp3) is 0.200. The van der Waals surface area contributed by atoms with Crippen LogP contribution in [0.25, 0.3) is 10.8 Å². The van der Waals surface area contributed by atoms with E-state index in [1.807, 2.05) is 19.2 Å². The van der Waals surface area contributed by atoms with Crippen molar-refractivity contribution in [1.82, 2.24) is 0 Å². The molecule has 0 amide bonds. The SMILES string of the molecule is CN(Cc1cc([N+](=O)[O-])cc2c1OCOC2)c1ccc2ccccc2c1. The first-order valence-corrected chi connectivity index (χ1v) is 8.32. The number of rotatable bonds is 4. The summed E-state index contributed by atoms with van der Waals surface area (Å²) in [6, 6.07) is 17.5. The molecular formula is C20H18N2O4. The fourth-order valence-corrected chi connectivity index (χ4v) is 3.26. The molecule has 0 spiro atoms. The molecule has 26 heavy (non-hydrogen) atoms. The van der Waals surface area contributed by atoms with E-state index in [2.05, 4.69) is 35.2 Å². The number of fused-ring (bicyclic) bond motifs is 2. The summed E-state index contributed by atoms with van der Waals surface area (Å²) in [6.45, 7) is 0.990. The van der Waals surface area contributed by atoms with Crippen LogP contribution >= 0.6 is 0 Å². The molecule has 1 aliphatic rings. The third kappa shape index (κ3) is 3.07. The van der Waals surface area contributed by atoms with Crippen LogP contribution in [0.5, 0.6) is 5.75 Å².